The normalized spacial score (nSPS) is 15.1. The van der Waals surface area contributed by atoms with Gasteiger partial charge in [0, 0.05) is 23.7 Å². The Morgan fingerprint density at radius 3 is 2.50 bits per heavy atom. The molecule has 126 valence electrons. The third-order valence-electron chi connectivity index (χ3n) is 4.00. The van der Waals surface area contributed by atoms with Crippen LogP contribution in [0.5, 0.6) is 5.75 Å². The molecule has 1 aliphatic heterocycles. The van der Waals surface area contributed by atoms with Crippen molar-refractivity contribution in [2.24, 2.45) is 5.10 Å². The second-order valence-corrected chi connectivity index (χ2v) is 6.37. The van der Waals surface area contributed by atoms with Crippen LogP contribution in [0.25, 0.3) is 0 Å². The van der Waals surface area contributed by atoms with E-state index in [1.165, 1.54) is 0 Å². The molecule has 1 fully saturated rings. The van der Waals surface area contributed by atoms with Crippen LogP contribution in [-0.4, -0.2) is 44.5 Å². The van der Waals surface area contributed by atoms with Crippen LogP contribution in [0.3, 0.4) is 0 Å². The number of nitrogens with zero attached hydrogens (tertiary/aromatic N) is 3. The quantitative estimate of drug-likeness (QED) is 0.763. The highest BCUT2D eigenvalue weighted by Gasteiger charge is 2.18. The van der Waals surface area contributed by atoms with Crippen molar-refractivity contribution in [2.75, 3.05) is 38.2 Å². The average Bonchev–Trinajstić information content (AvgIpc) is 2.61. The molecule has 1 saturated heterocycles. The van der Waals surface area contributed by atoms with Crippen molar-refractivity contribution < 1.29 is 4.74 Å². The predicted molar refractivity (Wildman–Crippen MR) is 101 cm³/mol. The van der Waals surface area contributed by atoms with Crippen molar-refractivity contribution in [3.8, 4) is 5.75 Å². The summed E-state index contributed by atoms with van der Waals surface area (Å²) in [5, 5.41) is 7.83. The van der Waals surface area contributed by atoms with E-state index in [1.807, 2.05) is 30.3 Å². The van der Waals surface area contributed by atoms with Crippen molar-refractivity contribution in [3.05, 3.63) is 58.1 Å². The smallest absolute Gasteiger partial charge is 0.142 e. The molecule has 4 nitrogen and oxygen atoms in total. The lowest BCUT2D eigenvalue weighted by atomic mass is 10.2. The fourth-order valence-electron chi connectivity index (χ4n) is 2.69. The van der Waals surface area contributed by atoms with Crippen LogP contribution >= 0.6 is 23.2 Å². The van der Waals surface area contributed by atoms with Crippen LogP contribution in [0, 0.1) is 0 Å². The molecular weight excluding hydrogens is 345 g/mol. The summed E-state index contributed by atoms with van der Waals surface area (Å²) < 4.78 is 5.44. The first-order chi connectivity index (χ1) is 11.7. The van der Waals surface area contributed by atoms with E-state index in [0.29, 0.717) is 10.0 Å². The van der Waals surface area contributed by atoms with Crippen LogP contribution in [-0.2, 0) is 0 Å². The molecular formula is C18H19Cl2N3O. The number of ether oxygens (including phenoxy) is 1. The molecule has 0 aliphatic carbocycles. The molecule has 2 aromatic carbocycles. The minimum absolute atomic E-state index is 0.610. The Balaban J connectivity index is 1.62. The highest BCUT2D eigenvalue weighted by atomic mass is 35.5. The van der Waals surface area contributed by atoms with Crippen molar-refractivity contribution in [3.63, 3.8) is 0 Å². The number of anilines is 1. The molecule has 24 heavy (non-hydrogen) atoms. The second kappa shape index (κ2) is 7.77. The molecule has 1 aliphatic rings. The van der Waals surface area contributed by atoms with Crippen LogP contribution in [0.4, 0.5) is 5.69 Å². The molecule has 6 heteroatoms. The van der Waals surface area contributed by atoms with E-state index in [2.05, 4.69) is 21.1 Å². The highest BCUT2D eigenvalue weighted by Crippen LogP contribution is 2.28. The number of benzene rings is 2. The number of para-hydroxylation sites is 2. The maximum absolute atomic E-state index is 6.17. The number of hydrogen-bond acceptors (Lipinski definition) is 4. The third kappa shape index (κ3) is 3.94. The fraction of sp³-hybridized carbons (Fsp3) is 0.278. The van der Waals surface area contributed by atoms with E-state index in [0.717, 1.165) is 43.2 Å². The predicted octanol–water partition coefficient (Wildman–Crippen LogP) is 4.16. The van der Waals surface area contributed by atoms with Gasteiger partial charge in [-0.3, -0.25) is 5.01 Å². The zero-order valence-electron chi connectivity index (χ0n) is 13.5. The lowest BCUT2D eigenvalue weighted by molar-refractivity contribution is 0.271. The monoisotopic (exact) mass is 363 g/mol. The van der Waals surface area contributed by atoms with Crippen LogP contribution < -0.4 is 9.64 Å². The average molecular weight is 364 g/mol. The first kappa shape index (κ1) is 16.9. The Kier molecular flexibility index (Phi) is 5.48. The van der Waals surface area contributed by atoms with E-state index in [-0.39, 0.29) is 0 Å². The molecule has 1 heterocycles. The van der Waals surface area contributed by atoms with Crippen LogP contribution in [0.15, 0.2) is 47.6 Å². The van der Waals surface area contributed by atoms with Crippen molar-refractivity contribution in [1.82, 2.24) is 5.01 Å². The number of hydrogen-bond donors (Lipinski definition) is 0. The lowest BCUT2D eigenvalue weighted by Gasteiger charge is -2.35. The van der Waals surface area contributed by atoms with Crippen LogP contribution in [0.1, 0.15) is 5.56 Å². The van der Waals surface area contributed by atoms with E-state index < -0.39 is 0 Å². The number of hydrazone groups is 1. The first-order valence-corrected chi connectivity index (χ1v) is 8.55. The summed E-state index contributed by atoms with van der Waals surface area (Å²) in [4.78, 5) is 2.32. The third-order valence-corrected chi connectivity index (χ3v) is 4.57. The zero-order valence-corrected chi connectivity index (χ0v) is 15.0. The molecule has 0 amide bonds. The molecule has 0 N–H and O–H groups in total. The Labute approximate surface area is 152 Å². The van der Waals surface area contributed by atoms with E-state index in [1.54, 1.807) is 19.4 Å². The lowest BCUT2D eigenvalue weighted by Crippen LogP contribution is -2.44. The van der Waals surface area contributed by atoms with E-state index >= 15 is 0 Å². The number of halogens is 2. The molecule has 0 bridgehead atoms. The summed E-state index contributed by atoms with van der Waals surface area (Å²) in [7, 11) is 1.70. The molecule has 0 atom stereocenters. The Bertz CT molecular complexity index is 728. The van der Waals surface area contributed by atoms with Crippen molar-refractivity contribution in [1.29, 1.82) is 0 Å². The fourth-order valence-corrected chi connectivity index (χ4v) is 3.15. The summed E-state index contributed by atoms with van der Waals surface area (Å²) in [5.41, 5.74) is 2.00. The van der Waals surface area contributed by atoms with Gasteiger partial charge in [-0.25, -0.2) is 0 Å². The minimum atomic E-state index is 0.610. The summed E-state index contributed by atoms with van der Waals surface area (Å²) in [5.74, 6) is 0.905. The summed E-state index contributed by atoms with van der Waals surface area (Å²) >= 11 is 12.1. The van der Waals surface area contributed by atoms with Gasteiger partial charge in [0.2, 0.25) is 0 Å². The van der Waals surface area contributed by atoms with E-state index in [4.69, 9.17) is 27.9 Å². The number of piperazine rings is 1. The molecule has 2 aromatic rings. The van der Waals surface area contributed by atoms with Crippen molar-refractivity contribution >= 4 is 35.1 Å². The Hall–Kier alpha value is -1.91. The minimum Gasteiger partial charge on any atom is -0.495 e. The molecule has 3 rings (SSSR count). The SMILES string of the molecule is COc1ccccc1N1CCN(/N=C/c2ccc(Cl)cc2Cl)CC1. The Morgan fingerprint density at radius 2 is 1.79 bits per heavy atom. The molecule has 0 spiro atoms. The topological polar surface area (TPSA) is 28.1 Å². The maximum Gasteiger partial charge on any atom is 0.142 e. The van der Waals surface area contributed by atoms with E-state index in [9.17, 15) is 0 Å². The standard InChI is InChI=1S/C18H19Cl2N3O/c1-24-18-5-3-2-4-17(18)22-8-10-23(11-9-22)21-13-14-6-7-15(19)12-16(14)20/h2-7,12-13H,8-11H2,1H3/b21-13+. The van der Waals surface area contributed by atoms with Gasteiger partial charge < -0.3 is 9.64 Å². The zero-order chi connectivity index (χ0) is 16.9. The van der Waals surface area contributed by atoms with Gasteiger partial charge in [0.25, 0.3) is 0 Å². The van der Waals surface area contributed by atoms with Gasteiger partial charge in [0.15, 0.2) is 0 Å². The van der Waals surface area contributed by atoms with Gasteiger partial charge in [0.1, 0.15) is 5.75 Å². The molecule has 0 radical (unpaired) electrons. The van der Waals surface area contributed by atoms with Gasteiger partial charge in [-0.15, -0.1) is 0 Å². The highest BCUT2D eigenvalue weighted by molar-refractivity contribution is 6.36. The first-order valence-electron chi connectivity index (χ1n) is 7.79. The second-order valence-electron chi connectivity index (χ2n) is 5.52. The van der Waals surface area contributed by atoms with Crippen molar-refractivity contribution in [2.45, 2.75) is 0 Å². The molecule has 0 unspecified atom stereocenters. The summed E-state index contributed by atoms with van der Waals surface area (Å²) in [6.07, 6.45) is 1.79. The Morgan fingerprint density at radius 1 is 1.04 bits per heavy atom. The van der Waals surface area contributed by atoms with Gasteiger partial charge >= 0.3 is 0 Å². The summed E-state index contributed by atoms with van der Waals surface area (Å²) in [6.45, 7) is 3.48. The largest absolute Gasteiger partial charge is 0.495 e. The number of methoxy groups -OCH3 is 1. The van der Waals surface area contributed by atoms with Gasteiger partial charge in [0.05, 0.1) is 37.1 Å². The molecule has 0 aromatic heterocycles. The number of rotatable bonds is 4. The van der Waals surface area contributed by atoms with Crippen LogP contribution in [0.2, 0.25) is 10.0 Å². The van der Waals surface area contributed by atoms with Gasteiger partial charge in [-0.05, 0) is 24.3 Å². The summed E-state index contributed by atoms with van der Waals surface area (Å²) in [6, 6.07) is 13.5. The van der Waals surface area contributed by atoms with Gasteiger partial charge in [-0.2, -0.15) is 5.10 Å². The van der Waals surface area contributed by atoms with Gasteiger partial charge in [-0.1, -0.05) is 41.4 Å². The maximum atomic E-state index is 6.17. The molecule has 0 saturated carbocycles.